The molecule has 0 spiro atoms. The van der Waals surface area contributed by atoms with Crippen molar-refractivity contribution in [3.05, 3.63) is 39.7 Å². The second-order valence-corrected chi connectivity index (χ2v) is 5.28. The minimum Gasteiger partial charge on any atom is -0.323 e. The molecule has 0 radical (unpaired) electrons. The normalized spacial score (nSPS) is 12.8. The Kier molecular flexibility index (Phi) is 3.08. The zero-order valence-electron chi connectivity index (χ0n) is 9.82. The van der Waals surface area contributed by atoms with E-state index in [9.17, 15) is 0 Å². The number of aromatic nitrogens is 1. The fourth-order valence-corrected chi connectivity index (χ4v) is 2.68. The van der Waals surface area contributed by atoms with Gasteiger partial charge in [-0.2, -0.15) is 0 Å². The maximum atomic E-state index is 5.99. The lowest BCUT2D eigenvalue weighted by Crippen LogP contribution is -2.04. The van der Waals surface area contributed by atoms with Gasteiger partial charge in [0.2, 0.25) is 0 Å². The van der Waals surface area contributed by atoms with Crippen molar-refractivity contribution in [1.29, 1.82) is 0 Å². The molecule has 1 heterocycles. The number of thiazole rings is 1. The Morgan fingerprint density at radius 1 is 1.25 bits per heavy atom. The molecule has 84 valence electrons. The van der Waals surface area contributed by atoms with Crippen LogP contribution in [0.1, 0.15) is 28.4 Å². The van der Waals surface area contributed by atoms with Crippen LogP contribution in [-0.4, -0.2) is 4.98 Å². The molecule has 0 aliphatic carbocycles. The van der Waals surface area contributed by atoms with Gasteiger partial charge in [-0.1, -0.05) is 24.3 Å². The quantitative estimate of drug-likeness (QED) is 0.861. The zero-order valence-corrected chi connectivity index (χ0v) is 10.6. The van der Waals surface area contributed by atoms with Gasteiger partial charge >= 0.3 is 0 Å². The molecule has 0 fully saturated rings. The largest absolute Gasteiger partial charge is 0.323 e. The van der Waals surface area contributed by atoms with Crippen molar-refractivity contribution in [2.45, 2.75) is 26.8 Å². The Bertz CT molecular complexity index is 500. The highest BCUT2D eigenvalue weighted by atomic mass is 32.1. The number of benzene rings is 1. The molecular weight excluding hydrogens is 216 g/mol. The Morgan fingerprint density at radius 2 is 1.94 bits per heavy atom. The molecule has 0 saturated carbocycles. The molecule has 1 aromatic carbocycles. The van der Waals surface area contributed by atoms with Crippen molar-refractivity contribution in [1.82, 2.24) is 4.98 Å². The first-order valence-electron chi connectivity index (χ1n) is 5.38. The summed E-state index contributed by atoms with van der Waals surface area (Å²) < 4.78 is 0. The van der Waals surface area contributed by atoms with Gasteiger partial charge in [-0.15, -0.1) is 11.3 Å². The first kappa shape index (κ1) is 11.3. The average Bonchev–Trinajstić information content (AvgIpc) is 2.61. The summed E-state index contributed by atoms with van der Waals surface area (Å²) in [6.07, 6.45) is 0. The van der Waals surface area contributed by atoms with E-state index in [0.717, 1.165) is 10.7 Å². The highest BCUT2D eigenvalue weighted by Gasteiger charge is 2.15. The number of hydrogen-bond donors (Lipinski definition) is 1. The van der Waals surface area contributed by atoms with E-state index >= 15 is 0 Å². The summed E-state index contributed by atoms with van der Waals surface area (Å²) in [5.41, 5.74) is 9.48. The molecule has 2 rings (SSSR count). The number of aryl methyl sites for hydroxylation is 2. The Labute approximate surface area is 100 Å². The first-order chi connectivity index (χ1) is 7.59. The van der Waals surface area contributed by atoms with Gasteiger partial charge in [0, 0.05) is 16.5 Å². The third-order valence-electron chi connectivity index (χ3n) is 2.57. The molecule has 1 aromatic heterocycles. The monoisotopic (exact) mass is 232 g/mol. The van der Waals surface area contributed by atoms with Crippen molar-refractivity contribution in [2.24, 2.45) is 5.73 Å². The lowest BCUT2D eigenvalue weighted by molar-refractivity contribution is 0.837. The van der Waals surface area contributed by atoms with Crippen molar-refractivity contribution in [3.63, 3.8) is 0 Å². The number of rotatable bonds is 2. The van der Waals surface area contributed by atoms with Gasteiger partial charge in [0.05, 0.1) is 10.7 Å². The van der Waals surface area contributed by atoms with E-state index in [4.69, 9.17) is 5.73 Å². The minimum absolute atomic E-state index is 0.0424. The fraction of sp³-hybridized carbons (Fsp3) is 0.308. The number of nitrogens with zero attached hydrogens (tertiary/aromatic N) is 1. The van der Waals surface area contributed by atoms with Crippen molar-refractivity contribution in [3.8, 4) is 11.3 Å². The Morgan fingerprint density at radius 3 is 2.56 bits per heavy atom. The van der Waals surface area contributed by atoms with E-state index < -0.39 is 0 Å². The van der Waals surface area contributed by atoms with E-state index in [1.807, 2.05) is 26.0 Å². The standard InChI is InChI=1S/C13H16N2S/c1-8-6-4-5-7-11(8)12-13(9(2)14)16-10(3)15-12/h4-7,9H,14H2,1-3H3. The van der Waals surface area contributed by atoms with Crippen LogP contribution in [0.3, 0.4) is 0 Å². The Balaban J connectivity index is 2.60. The van der Waals surface area contributed by atoms with Crippen LogP contribution in [0.25, 0.3) is 11.3 Å². The molecule has 2 N–H and O–H groups in total. The maximum absolute atomic E-state index is 5.99. The van der Waals surface area contributed by atoms with Crippen LogP contribution in [0, 0.1) is 13.8 Å². The average molecular weight is 232 g/mol. The first-order valence-corrected chi connectivity index (χ1v) is 6.20. The topological polar surface area (TPSA) is 38.9 Å². The molecule has 0 amide bonds. The lowest BCUT2D eigenvalue weighted by atomic mass is 10.0. The van der Waals surface area contributed by atoms with Gasteiger partial charge < -0.3 is 5.73 Å². The number of nitrogens with two attached hydrogens (primary N) is 1. The highest BCUT2D eigenvalue weighted by molar-refractivity contribution is 7.12. The maximum Gasteiger partial charge on any atom is 0.0905 e. The van der Waals surface area contributed by atoms with E-state index in [-0.39, 0.29) is 6.04 Å². The fourth-order valence-electron chi connectivity index (χ4n) is 1.78. The van der Waals surface area contributed by atoms with Gasteiger partial charge in [-0.25, -0.2) is 4.98 Å². The van der Waals surface area contributed by atoms with Gasteiger partial charge in [-0.05, 0) is 26.3 Å². The highest BCUT2D eigenvalue weighted by Crippen LogP contribution is 2.33. The number of hydrogen-bond acceptors (Lipinski definition) is 3. The summed E-state index contributed by atoms with van der Waals surface area (Å²) in [7, 11) is 0. The van der Waals surface area contributed by atoms with Crippen molar-refractivity contribution < 1.29 is 0 Å². The van der Waals surface area contributed by atoms with E-state index in [2.05, 4.69) is 24.0 Å². The van der Waals surface area contributed by atoms with Crippen LogP contribution >= 0.6 is 11.3 Å². The van der Waals surface area contributed by atoms with Crippen molar-refractivity contribution >= 4 is 11.3 Å². The summed E-state index contributed by atoms with van der Waals surface area (Å²) in [6, 6.07) is 8.34. The third kappa shape index (κ3) is 2.01. The van der Waals surface area contributed by atoms with Crippen LogP contribution in [-0.2, 0) is 0 Å². The SMILES string of the molecule is Cc1nc(-c2ccccc2C)c(C(C)N)s1. The molecular formula is C13H16N2S. The molecule has 3 heteroatoms. The molecule has 0 aliphatic heterocycles. The molecule has 1 unspecified atom stereocenters. The van der Waals surface area contributed by atoms with Gasteiger partial charge in [-0.3, -0.25) is 0 Å². The summed E-state index contributed by atoms with van der Waals surface area (Å²) in [5.74, 6) is 0. The van der Waals surface area contributed by atoms with E-state index in [0.29, 0.717) is 0 Å². The van der Waals surface area contributed by atoms with Gasteiger partial charge in [0.15, 0.2) is 0 Å². The predicted molar refractivity (Wildman–Crippen MR) is 69.6 cm³/mol. The third-order valence-corrected chi connectivity index (χ3v) is 3.75. The second-order valence-electron chi connectivity index (χ2n) is 4.05. The van der Waals surface area contributed by atoms with Crippen LogP contribution < -0.4 is 5.73 Å². The second kappa shape index (κ2) is 4.36. The molecule has 0 saturated heterocycles. The van der Waals surface area contributed by atoms with Crippen LogP contribution in [0.5, 0.6) is 0 Å². The summed E-state index contributed by atoms with van der Waals surface area (Å²) in [4.78, 5) is 5.77. The van der Waals surface area contributed by atoms with Crippen LogP contribution in [0.15, 0.2) is 24.3 Å². The minimum atomic E-state index is 0.0424. The smallest absolute Gasteiger partial charge is 0.0905 e. The van der Waals surface area contributed by atoms with Crippen molar-refractivity contribution in [2.75, 3.05) is 0 Å². The van der Waals surface area contributed by atoms with Crippen LogP contribution in [0.2, 0.25) is 0 Å². The zero-order chi connectivity index (χ0) is 11.7. The molecule has 16 heavy (non-hydrogen) atoms. The lowest BCUT2D eigenvalue weighted by Gasteiger charge is -2.07. The van der Waals surface area contributed by atoms with Crippen LogP contribution in [0.4, 0.5) is 0 Å². The Hall–Kier alpha value is -1.19. The molecule has 2 nitrogen and oxygen atoms in total. The van der Waals surface area contributed by atoms with E-state index in [1.165, 1.54) is 16.0 Å². The van der Waals surface area contributed by atoms with Gasteiger partial charge in [0.25, 0.3) is 0 Å². The molecule has 1 atom stereocenters. The van der Waals surface area contributed by atoms with E-state index in [1.54, 1.807) is 11.3 Å². The summed E-state index contributed by atoms with van der Waals surface area (Å²) in [6.45, 7) is 6.14. The summed E-state index contributed by atoms with van der Waals surface area (Å²) >= 11 is 1.69. The predicted octanol–water partition coefficient (Wildman–Crippen LogP) is 3.45. The summed E-state index contributed by atoms with van der Waals surface area (Å²) in [5, 5.41) is 1.07. The molecule has 0 aliphatic rings. The molecule has 2 aromatic rings. The van der Waals surface area contributed by atoms with Gasteiger partial charge in [0.1, 0.15) is 0 Å². The molecule has 0 bridgehead atoms.